The van der Waals surface area contributed by atoms with Crippen molar-refractivity contribution < 1.29 is 8.42 Å². The number of nitrogens with two attached hydrogens (primary N) is 1. The first kappa shape index (κ1) is 20.5. The standard InChI is InChI=1S/C18H24N2O2S.ClH/c1-3-15-7-10-18(13-16(15)4-2)23(21,22)20-12-11-14-5-8-17(19)9-6-14;/h5-10,13,20H,3-4,11-12,19H2,1-2H3;1H. The van der Waals surface area contributed by atoms with Gasteiger partial charge in [0.2, 0.25) is 10.0 Å². The van der Waals surface area contributed by atoms with Crippen LogP contribution in [0.4, 0.5) is 5.69 Å². The highest BCUT2D eigenvalue weighted by atomic mass is 35.5. The molecule has 0 radical (unpaired) electrons. The summed E-state index contributed by atoms with van der Waals surface area (Å²) in [5.74, 6) is 0. The van der Waals surface area contributed by atoms with Crippen LogP contribution in [0.25, 0.3) is 0 Å². The number of nitrogens with one attached hydrogen (secondary N) is 1. The fourth-order valence-corrected chi connectivity index (χ4v) is 3.62. The minimum Gasteiger partial charge on any atom is -0.399 e. The van der Waals surface area contributed by atoms with Crippen LogP contribution in [0, 0.1) is 0 Å². The average Bonchev–Trinajstić information content (AvgIpc) is 2.55. The van der Waals surface area contributed by atoms with Gasteiger partial charge in [0.1, 0.15) is 0 Å². The number of sulfonamides is 1. The van der Waals surface area contributed by atoms with Gasteiger partial charge in [0.25, 0.3) is 0 Å². The number of halogens is 1. The molecule has 2 rings (SSSR count). The molecule has 132 valence electrons. The Labute approximate surface area is 150 Å². The third-order valence-corrected chi connectivity index (χ3v) is 5.39. The van der Waals surface area contributed by atoms with E-state index in [4.69, 9.17) is 5.73 Å². The molecule has 0 spiro atoms. The molecule has 4 nitrogen and oxygen atoms in total. The van der Waals surface area contributed by atoms with E-state index in [1.54, 1.807) is 12.1 Å². The highest BCUT2D eigenvalue weighted by molar-refractivity contribution is 7.89. The van der Waals surface area contributed by atoms with Gasteiger partial charge in [-0.3, -0.25) is 0 Å². The van der Waals surface area contributed by atoms with Gasteiger partial charge >= 0.3 is 0 Å². The van der Waals surface area contributed by atoms with Gasteiger partial charge in [-0.25, -0.2) is 13.1 Å². The van der Waals surface area contributed by atoms with Gasteiger partial charge in [-0.1, -0.05) is 32.0 Å². The Morgan fingerprint density at radius 3 is 2.17 bits per heavy atom. The van der Waals surface area contributed by atoms with Crippen LogP contribution >= 0.6 is 12.4 Å². The number of benzene rings is 2. The topological polar surface area (TPSA) is 72.2 Å². The first-order chi connectivity index (χ1) is 11.0. The number of aryl methyl sites for hydroxylation is 2. The van der Waals surface area contributed by atoms with Gasteiger partial charge in [-0.2, -0.15) is 0 Å². The van der Waals surface area contributed by atoms with Crippen molar-refractivity contribution in [2.45, 2.75) is 38.0 Å². The van der Waals surface area contributed by atoms with E-state index in [1.165, 1.54) is 5.56 Å². The van der Waals surface area contributed by atoms with Crippen LogP contribution in [0.1, 0.15) is 30.5 Å². The summed E-state index contributed by atoms with van der Waals surface area (Å²) in [6.45, 7) is 4.48. The zero-order chi connectivity index (χ0) is 16.9. The maximum atomic E-state index is 12.4. The zero-order valence-corrected chi connectivity index (χ0v) is 15.7. The number of hydrogen-bond donors (Lipinski definition) is 2. The van der Waals surface area contributed by atoms with Crippen LogP contribution in [0.3, 0.4) is 0 Å². The summed E-state index contributed by atoms with van der Waals surface area (Å²) in [5.41, 5.74) is 9.69. The van der Waals surface area contributed by atoms with E-state index in [2.05, 4.69) is 11.6 Å². The summed E-state index contributed by atoms with van der Waals surface area (Å²) >= 11 is 0. The second kappa shape index (κ2) is 9.06. The summed E-state index contributed by atoms with van der Waals surface area (Å²) in [7, 11) is -3.47. The molecule has 0 aliphatic carbocycles. The molecule has 24 heavy (non-hydrogen) atoms. The molecule has 0 aromatic heterocycles. The Morgan fingerprint density at radius 2 is 1.58 bits per heavy atom. The van der Waals surface area contributed by atoms with Crippen molar-refractivity contribution in [3.63, 3.8) is 0 Å². The van der Waals surface area contributed by atoms with Gasteiger partial charge in [0.15, 0.2) is 0 Å². The lowest BCUT2D eigenvalue weighted by Gasteiger charge is -2.11. The maximum Gasteiger partial charge on any atom is 0.240 e. The van der Waals surface area contributed by atoms with E-state index in [9.17, 15) is 8.42 Å². The van der Waals surface area contributed by atoms with E-state index in [-0.39, 0.29) is 12.4 Å². The average molecular weight is 369 g/mol. The summed E-state index contributed by atoms with van der Waals surface area (Å²) in [5, 5.41) is 0. The Bertz CT molecular complexity index is 759. The van der Waals surface area contributed by atoms with Crippen LogP contribution in [0.15, 0.2) is 47.4 Å². The molecule has 6 heteroatoms. The van der Waals surface area contributed by atoms with E-state index in [1.807, 2.05) is 37.3 Å². The monoisotopic (exact) mass is 368 g/mol. The lowest BCUT2D eigenvalue weighted by molar-refractivity contribution is 0.581. The minimum absolute atomic E-state index is 0. The van der Waals surface area contributed by atoms with Crippen molar-refractivity contribution >= 4 is 28.1 Å². The molecule has 0 atom stereocenters. The summed E-state index contributed by atoms with van der Waals surface area (Å²) < 4.78 is 27.5. The van der Waals surface area contributed by atoms with Crippen LogP contribution < -0.4 is 10.5 Å². The Morgan fingerprint density at radius 1 is 0.958 bits per heavy atom. The fraction of sp³-hybridized carbons (Fsp3) is 0.333. The van der Waals surface area contributed by atoms with Crippen molar-refractivity contribution in [2.75, 3.05) is 12.3 Å². The van der Waals surface area contributed by atoms with Crippen molar-refractivity contribution in [3.8, 4) is 0 Å². The maximum absolute atomic E-state index is 12.4. The first-order valence-electron chi connectivity index (χ1n) is 7.92. The molecule has 3 N–H and O–H groups in total. The van der Waals surface area contributed by atoms with Crippen LogP contribution in [-0.2, 0) is 29.3 Å². The lowest BCUT2D eigenvalue weighted by atomic mass is 10.0. The molecule has 0 saturated heterocycles. The SMILES string of the molecule is CCc1ccc(S(=O)(=O)NCCc2ccc(N)cc2)cc1CC.Cl. The normalized spacial score (nSPS) is 11.1. The molecule has 0 unspecified atom stereocenters. The van der Waals surface area contributed by atoms with Gasteiger partial charge < -0.3 is 5.73 Å². The van der Waals surface area contributed by atoms with Crippen molar-refractivity contribution in [1.82, 2.24) is 4.72 Å². The zero-order valence-electron chi connectivity index (χ0n) is 14.1. The summed E-state index contributed by atoms with van der Waals surface area (Å²) in [6, 6.07) is 12.8. The molecular weight excluding hydrogens is 344 g/mol. The number of hydrogen-bond acceptors (Lipinski definition) is 3. The smallest absolute Gasteiger partial charge is 0.240 e. The highest BCUT2D eigenvalue weighted by Crippen LogP contribution is 2.17. The molecule has 2 aromatic rings. The van der Waals surface area contributed by atoms with Crippen molar-refractivity contribution in [3.05, 3.63) is 59.2 Å². The van der Waals surface area contributed by atoms with E-state index >= 15 is 0 Å². The van der Waals surface area contributed by atoms with Gasteiger partial charge in [0.05, 0.1) is 4.90 Å². The van der Waals surface area contributed by atoms with E-state index in [0.29, 0.717) is 23.5 Å². The largest absolute Gasteiger partial charge is 0.399 e. The van der Waals surface area contributed by atoms with Crippen LogP contribution in [0.2, 0.25) is 0 Å². The second-order valence-corrected chi connectivity index (χ2v) is 7.29. The minimum atomic E-state index is -3.47. The Hall–Kier alpha value is -1.56. The number of anilines is 1. The van der Waals surface area contributed by atoms with Gasteiger partial charge in [-0.15, -0.1) is 12.4 Å². The molecule has 0 aliphatic heterocycles. The summed E-state index contributed by atoms with van der Waals surface area (Å²) in [6.07, 6.45) is 2.37. The van der Waals surface area contributed by atoms with Crippen LogP contribution in [0.5, 0.6) is 0 Å². The van der Waals surface area contributed by atoms with Gasteiger partial charge in [0, 0.05) is 12.2 Å². The van der Waals surface area contributed by atoms with Crippen LogP contribution in [-0.4, -0.2) is 15.0 Å². The lowest BCUT2D eigenvalue weighted by Crippen LogP contribution is -2.26. The molecule has 0 heterocycles. The molecule has 0 aliphatic rings. The predicted octanol–water partition coefficient (Wildman–Crippen LogP) is 3.34. The first-order valence-corrected chi connectivity index (χ1v) is 9.40. The van der Waals surface area contributed by atoms with Crippen molar-refractivity contribution in [2.24, 2.45) is 0 Å². The molecule has 2 aromatic carbocycles. The molecule has 0 bridgehead atoms. The third kappa shape index (κ3) is 5.23. The highest BCUT2D eigenvalue weighted by Gasteiger charge is 2.14. The Balaban J connectivity index is 0.00000288. The van der Waals surface area contributed by atoms with Gasteiger partial charge in [-0.05, 0) is 60.2 Å². The van der Waals surface area contributed by atoms with E-state index < -0.39 is 10.0 Å². The number of nitrogen functional groups attached to an aromatic ring is 1. The molecule has 0 amide bonds. The molecular formula is C18H25ClN2O2S. The third-order valence-electron chi connectivity index (χ3n) is 3.94. The predicted molar refractivity (Wildman–Crippen MR) is 102 cm³/mol. The summed E-state index contributed by atoms with van der Waals surface area (Å²) in [4.78, 5) is 0.337. The second-order valence-electron chi connectivity index (χ2n) is 5.53. The molecule has 0 saturated carbocycles. The quantitative estimate of drug-likeness (QED) is 0.736. The number of rotatable bonds is 7. The molecule has 0 fully saturated rings. The Kier molecular flexibility index (Phi) is 7.73. The fourth-order valence-electron chi connectivity index (χ4n) is 2.54. The van der Waals surface area contributed by atoms with Crippen molar-refractivity contribution in [1.29, 1.82) is 0 Å². The van der Waals surface area contributed by atoms with E-state index in [0.717, 1.165) is 24.0 Å².